The number of carbonyl (C=O) groups is 1. The fourth-order valence-electron chi connectivity index (χ4n) is 3.14. The van der Waals surface area contributed by atoms with Gasteiger partial charge in [-0.15, -0.1) is 0 Å². The first-order chi connectivity index (χ1) is 11.2. The van der Waals surface area contributed by atoms with Gasteiger partial charge < -0.3 is 14.2 Å². The molecule has 0 saturated carbocycles. The predicted molar refractivity (Wildman–Crippen MR) is 91.4 cm³/mol. The molecule has 0 unspecified atom stereocenters. The summed E-state index contributed by atoms with van der Waals surface area (Å²) in [6, 6.07) is 3.75. The third-order valence-corrected chi connectivity index (χ3v) is 4.32. The molecule has 0 radical (unpaired) electrons. The monoisotopic (exact) mass is 318 g/mol. The van der Waals surface area contributed by atoms with E-state index in [0.29, 0.717) is 23.7 Å². The Morgan fingerprint density at radius 3 is 2.13 bits per heavy atom. The molecule has 0 spiro atoms. The van der Waals surface area contributed by atoms with Crippen molar-refractivity contribution in [1.29, 1.82) is 0 Å². The molecule has 0 aliphatic heterocycles. The van der Waals surface area contributed by atoms with Crippen molar-refractivity contribution in [2.45, 2.75) is 45.4 Å². The van der Waals surface area contributed by atoms with E-state index in [9.17, 15) is 4.79 Å². The summed E-state index contributed by atoms with van der Waals surface area (Å²) >= 11 is 0. The number of ether oxygens (including phenoxy) is 3. The SMILES string of the molecule is CCCCCC1=C(c2cc(OC)c(OC)c(OC)c2)C(=O)CC1. The minimum atomic E-state index is 0.214. The van der Waals surface area contributed by atoms with Crippen LogP contribution in [-0.4, -0.2) is 27.1 Å². The Morgan fingerprint density at radius 2 is 1.61 bits per heavy atom. The first-order valence-electron chi connectivity index (χ1n) is 8.21. The van der Waals surface area contributed by atoms with Crippen molar-refractivity contribution in [1.82, 2.24) is 0 Å². The van der Waals surface area contributed by atoms with E-state index in [1.54, 1.807) is 21.3 Å². The first kappa shape index (κ1) is 17.4. The zero-order valence-corrected chi connectivity index (χ0v) is 14.5. The van der Waals surface area contributed by atoms with Crippen molar-refractivity contribution >= 4 is 11.4 Å². The average molecular weight is 318 g/mol. The van der Waals surface area contributed by atoms with Crippen LogP contribution in [0.15, 0.2) is 17.7 Å². The van der Waals surface area contributed by atoms with Gasteiger partial charge in [0.2, 0.25) is 5.75 Å². The van der Waals surface area contributed by atoms with E-state index in [1.165, 1.54) is 18.4 Å². The van der Waals surface area contributed by atoms with E-state index in [-0.39, 0.29) is 5.78 Å². The van der Waals surface area contributed by atoms with Crippen molar-refractivity contribution < 1.29 is 19.0 Å². The number of hydrogen-bond acceptors (Lipinski definition) is 4. The number of carbonyl (C=O) groups excluding carboxylic acids is 1. The Morgan fingerprint density at radius 1 is 0.957 bits per heavy atom. The van der Waals surface area contributed by atoms with Gasteiger partial charge in [0.25, 0.3) is 0 Å². The van der Waals surface area contributed by atoms with E-state index < -0.39 is 0 Å². The quantitative estimate of drug-likeness (QED) is 0.666. The number of benzene rings is 1. The van der Waals surface area contributed by atoms with Crippen LogP contribution in [-0.2, 0) is 4.79 Å². The van der Waals surface area contributed by atoms with Gasteiger partial charge in [0.1, 0.15) is 0 Å². The number of Topliss-reactive ketones (excluding diaryl/α,β-unsaturated/α-hetero) is 1. The molecule has 0 heterocycles. The maximum atomic E-state index is 12.4. The fourth-order valence-corrected chi connectivity index (χ4v) is 3.14. The lowest BCUT2D eigenvalue weighted by Crippen LogP contribution is -2.00. The highest BCUT2D eigenvalue weighted by Crippen LogP contribution is 2.43. The summed E-state index contributed by atoms with van der Waals surface area (Å²) < 4.78 is 16.2. The molecular weight excluding hydrogens is 292 g/mol. The molecule has 0 N–H and O–H groups in total. The summed E-state index contributed by atoms with van der Waals surface area (Å²) in [4.78, 5) is 12.4. The molecule has 1 aliphatic rings. The lowest BCUT2D eigenvalue weighted by atomic mass is 9.97. The van der Waals surface area contributed by atoms with Crippen molar-refractivity contribution in [3.63, 3.8) is 0 Å². The third kappa shape index (κ3) is 3.69. The molecule has 0 fully saturated rings. The van der Waals surface area contributed by atoms with Crippen LogP contribution in [0.2, 0.25) is 0 Å². The number of allylic oxidation sites excluding steroid dienone is 2. The number of unbranched alkanes of at least 4 members (excludes halogenated alkanes) is 2. The van der Waals surface area contributed by atoms with Crippen LogP contribution in [0, 0.1) is 0 Å². The molecule has 1 aromatic rings. The minimum absolute atomic E-state index is 0.214. The van der Waals surface area contributed by atoms with Crippen LogP contribution in [0.1, 0.15) is 51.0 Å². The summed E-state index contributed by atoms with van der Waals surface area (Å²) in [5, 5.41) is 0. The predicted octanol–water partition coefficient (Wildman–Crippen LogP) is 4.41. The van der Waals surface area contributed by atoms with Gasteiger partial charge in [0, 0.05) is 12.0 Å². The smallest absolute Gasteiger partial charge is 0.203 e. The van der Waals surface area contributed by atoms with Crippen LogP contribution < -0.4 is 14.2 Å². The second-order valence-electron chi connectivity index (χ2n) is 5.77. The Hall–Kier alpha value is -1.97. The van der Waals surface area contributed by atoms with Gasteiger partial charge in [-0.05, 0) is 37.0 Å². The first-order valence-corrected chi connectivity index (χ1v) is 8.21. The molecule has 0 amide bonds. The third-order valence-electron chi connectivity index (χ3n) is 4.32. The molecule has 1 aliphatic carbocycles. The summed E-state index contributed by atoms with van der Waals surface area (Å²) in [7, 11) is 4.76. The minimum Gasteiger partial charge on any atom is -0.493 e. The second-order valence-corrected chi connectivity index (χ2v) is 5.77. The van der Waals surface area contributed by atoms with E-state index in [4.69, 9.17) is 14.2 Å². The Bertz CT molecular complexity index is 576. The van der Waals surface area contributed by atoms with Gasteiger partial charge >= 0.3 is 0 Å². The average Bonchev–Trinajstić information content (AvgIpc) is 2.94. The Balaban J connectivity index is 2.45. The number of methoxy groups -OCH3 is 3. The standard InChI is InChI=1S/C19H26O4/c1-5-6-7-8-13-9-10-15(20)18(13)14-11-16(21-2)19(23-4)17(12-14)22-3/h11-12H,5-10H2,1-4H3. The molecular formula is C19H26O4. The van der Waals surface area contributed by atoms with E-state index in [1.807, 2.05) is 12.1 Å². The van der Waals surface area contributed by atoms with Crippen LogP contribution >= 0.6 is 0 Å². The number of hydrogen-bond donors (Lipinski definition) is 0. The van der Waals surface area contributed by atoms with Crippen molar-refractivity contribution in [3.8, 4) is 17.2 Å². The topological polar surface area (TPSA) is 44.8 Å². The highest BCUT2D eigenvalue weighted by Gasteiger charge is 2.26. The van der Waals surface area contributed by atoms with E-state index in [0.717, 1.165) is 30.4 Å². The van der Waals surface area contributed by atoms with Crippen molar-refractivity contribution in [3.05, 3.63) is 23.3 Å². The van der Waals surface area contributed by atoms with Gasteiger partial charge in [0.15, 0.2) is 17.3 Å². The van der Waals surface area contributed by atoms with Crippen LogP contribution in [0.3, 0.4) is 0 Å². The highest BCUT2D eigenvalue weighted by molar-refractivity contribution is 6.24. The van der Waals surface area contributed by atoms with E-state index in [2.05, 4.69) is 6.92 Å². The zero-order valence-electron chi connectivity index (χ0n) is 14.5. The Kier molecular flexibility index (Phi) is 6.08. The van der Waals surface area contributed by atoms with Crippen LogP contribution in [0.25, 0.3) is 5.57 Å². The molecule has 2 rings (SSSR count). The molecule has 23 heavy (non-hydrogen) atoms. The van der Waals surface area contributed by atoms with Crippen LogP contribution in [0.4, 0.5) is 0 Å². The lowest BCUT2D eigenvalue weighted by Gasteiger charge is -2.15. The molecule has 0 atom stereocenters. The van der Waals surface area contributed by atoms with Crippen molar-refractivity contribution in [2.24, 2.45) is 0 Å². The fraction of sp³-hybridized carbons (Fsp3) is 0.526. The maximum Gasteiger partial charge on any atom is 0.203 e. The maximum absolute atomic E-state index is 12.4. The largest absolute Gasteiger partial charge is 0.493 e. The molecule has 0 saturated heterocycles. The zero-order chi connectivity index (χ0) is 16.8. The number of rotatable bonds is 8. The summed E-state index contributed by atoms with van der Waals surface area (Å²) in [5.41, 5.74) is 2.98. The molecule has 126 valence electrons. The highest BCUT2D eigenvalue weighted by atomic mass is 16.5. The van der Waals surface area contributed by atoms with Gasteiger partial charge in [-0.1, -0.05) is 25.3 Å². The summed E-state index contributed by atoms with van der Waals surface area (Å²) in [6.45, 7) is 2.19. The van der Waals surface area contributed by atoms with Crippen molar-refractivity contribution in [2.75, 3.05) is 21.3 Å². The molecule has 0 bridgehead atoms. The summed E-state index contributed by atoms with van der Waals surface area (Å²) in [6.07, 6.45) is 5.97. The molecule has 1 aromatic carbocycles. The van der Waals surface area contributed by atoms with E-state index >= 15 is 0 Å². The molecule has 4 heteroatoms. The molecule has 0 aromatic heterocycles. The second kappa shape index (κ2) is 8.04. The number of ketones is 1. The van der Waals surface area contributed by atoms with Gasteiger partial charge in [-0.2, -0.15) is 0 Å². The summed E-state index contributed by atoms with van der Waals surface area (Å²) in [5.74, 6) is 1.94. The van der Waals surface area contributed by atoms with Gasteiger partial charge in [0.05, 0.1) is 21.3 Å². The lowest BCUT2D eigenvalue weighted by molar-refractivity contribution is -0.113. The van der Waals surface area contributed by atoms with Crippen LogP contribution in [0.5, 0.6) is 17.2 Å². The van der Waals surface area contributed by atoms with Gasteiger partial charge in [-0.3, -0.25) is 4.79 Å². The normalized spacial score (nSPS) is 14.3. The Labute approximate surface area is 138 Å². The molecule has 4 nitrogen and oxygen atoms in total. The van der Waals surface area contributed by atoms with Gasteiger partial charge in [-0.25, -0.2) is 0 Å².